The molecule has 1 aromatic rings. The van der Waals surface area contributed by atoms with Gasteiger partial charge in [0.25, 0.3) is 0 Å². The topological polar surface area (TPSA) is 46.5 Å². The highest BCUT2D eigenvalue weighted by Crippen LogP contribution is 2.30. The van der Waals surface area contributed by atoms with Crippen molar-refractivity contribution in [2.24, 2.45) is 0 Å². The zero-order chi connectivity index (χ0) is 10.7. The fourth-order valence-electron chi connectivity index (χ4n) is 1.03. The summed E-state index contributed by atoms with van der Waals surface area (Å²) < 4.78 is 4.94. The molecule has 76 valence electrons. The predicted octanol–water partition coefficient (Wildman–Crippen LogP) is 2.63. The average Bonchev–Trinajstić information content (AvgIpc) is 2.09. The smallest absolute Gasteiger partial charge is 0.307 e. The van der Waals surface area contributed by atoms with Gasteiger partial charge in [-0.1, -0.05) is 23.2 Å². The van der Waals surface area contributed by atoms with Gasteiger partial charge in [0.1, 0.15) is 5.75 Å². The van der Waals surface area contributed by atoms with Gasteiger partial charge in [0.15, 0.2) is 0 Å². The van der Waals surface area contributed by atoms with Crippen LogP contribution in [-0.2, 0) is 11.2 Å². The first-order valence-corrected chi connectivity index (χ1v) is 4.54. The zero-order valence-electron chi connectivity index (χ0n) is 7.38. The third-order valence-electron chi connectivity index (χ3n) is 1.66. The molecular weight excluding hydrogens is 227 g/mol. The fraction of sp³-hybridized carbons (Fsp3) is 0.222. The van der Waals surface area contributed by atoms with Crippen LogP contribution in [0.4, 0.5) is 0 Å². The van der Waals surface area contributed by atoms with Crippen LogP contribution in [0.1, 0.15) is 5.56 Å². The first-order valence-electron chi connectivity index (χ1n) is 3.78. The second-order valence-electron chi connectivity index (χ2n) is 2.65. The van der Waals surface area contributed by atoms with Gasteiger partial charge in [-0.2, -0.15) is 0 Å². The SMILES string of the molecule is COc1cc(CC(=O)O)c(Cl)cc1Cl. The Bertz CT molecular complexity index is 363. The number of ether oxygens (including phenoxy) is 1. The summed E-state index contributed by atoms with van der Waals surface area (Å²) in [7, 11) is 1.46. The molecule has 1 rings (SSSR count). The van der Waals surface area contributed by atoms with Crippen LogP contribution in [0.15, 0.2) is 12.1 Å². The third-order valence-corrected chi connectivity index (χ3v) is 2.31. The number of carboxylic acid groups (broad SMARTS) is 1. The molecule has 0 radical (unpaired) electrons. The van der Waals surface area contributed by atoms with Crippen molar-refractivity contribution in [2.45, 2.75) is 6.42 Å². The largest absolute Gasteiger partial charge is 0.495 e. The Balaban J connectivity index is 3.10. The fourth-order valence-corrected chi connectivity index (χ4v) is 1.55. The number of methoxy groups -OCH3 is 1. The summed E-state index contributed by atoms with van der Waals surface area (Å²) in [5.41, 5.74) is 0.486. The van der Waals surface area contributed by atoms with Crippen LogP contribution in [-0.4, -0.2) is 18.2 Å². The van der Waals surface area contributed by atoms with E-state index in [0.717, 1.165) is 0 Å². The maximum Gasteiger partial charge on any atom is 0.307 e. The summed E-state index contributed by atoms with van der Waals surface area (Å²) >= 11 is 11.6. The van der Waals surface area contributed by atoms with Crippen molar-refractivity contribution in [1.82, 2.24) is 0 Å². The van der Waals surface area contributed by atoms with Gasteiger partial charge in [-0.15, -0.1) is 0 Å². The van der Waals surface area contributed by atoms with Gasteiger partial charge in [-0.25, -0.2) is 0 Å². The van der Waals surface area contributed by atoms with Gasteiger partial charge in [0.05, 0.1) is 18.6 Å². The van der Waals surface area contributed by atoms with E-state index in [9.17, 15) is 4.79 Å². The maximum absolute atomic E-state index is 10.5. The van der Waals surface area contributed by atoms with E-state index >= 15 is 0 Å². The Morgan fingerprint density at radius 2 is 2.07 bits per heavy atom. The van der Waals surface area contributed by atoms with E-state index in [2.05, 4.69) is 0 Å². The van der Waals surface area contributed by atoms with Crippen molar-refractivity contribution in [2.75, 3.05) is 7.11 Å². The molecule has 5 heteroatoms. The Kier molecular flexibility index (Phi) is 3.61. The van der Waals surface area contributed by atoms with Gasteiger partial charge < -0.3 is 9.84 Å². The number of aliphatic carboxylic acids is 1. The quantitative estimate of drug-likeness (QED) is 0.875. The van der Waals surface area contributed by atoms with Crippen LogP contribution in [0.2, 0.25) is 10.0 Å². The first-order chi connectivity index (χ1) is 6.54. The van der Waals surface area contributed by atoms with E-state index in [1.807, 2.05) is 0 Å². The summed E-state index contributed by atoms with van der Waals surface area (Å²) in [6.45, 7) is 0. The van der Waals surface area contributed by atoms with Gasteiger partial charge >= 0.3 is 5.97 Å². The summed E-state index contributed by atoms with van der Waals surface area (Å²) in [6.07, 6.45) is -0.146. The number of carbonyl (C=O) groups is 1. The lowest BCUT2D eigenvalue weighted by Crippen LogP contribution is -2.01. The molecule has 0 aliphatic carbocycles. The van der Waals surface area contributed by atoms with E-state index in [1.165, 1.54) is 19.2 Å². The van der Waals surface area contributed by atoms with Crippen molar-refractivity contribution >= 4 is 29.2 Å². The summed E-state index contributed by atoms with van der Waals surface area (Å²) in [5, 5.41) is 9.29. The van der Waals surface area contributed by atoms with E-state index in [1.54, 1.807) is 0 Å². The van der Waals surface area contributed by atoms with Gasteiger partial charge in [0, 0.05) is 5.02 Å². The van der Waals surface area contributed by atoms with Crippen molar-refractivity contribution in [3.63, 3.8) is 0 Å². The number of benzene rings is 1. The van der Waals surface area contributed by atoms with Crippen molar-refractivity contribution in [3.8, 4) is 5.75 Å². The average molecular weight is 235 g/mol. The standard InChI is InChI=1S/C9H8Cl2O3/c1-14-8-2-5(3-9(12)13)6(10)4-7(8)11/h2,4H,3H2,1H3,(H,12,13). The molecule has 3 nitrogen and oxygen atoms in total. The van der Waals surface area contributed by atoms with E-state index in [0.29, 0.717) is 21.4 Å². The molecule has 0 aliphatic heterocycles. The van der Waals surface area contributed by atoms with E-state index in [-0.39, 0.29) is 6.42 Å². The lowest BCUT2D eigenvalue weighted by atomic mass is 10.1. The highest BCUT2D eigenvalue weighted by atomic mass is 35.5. The van der Waals surface area contributed by atoms with Gasteiger partial charge in [-0.3, -0.25) is 4.79 Å². The number of carboxylic acids is 1. The molecule has 0 fully saturated rings. The number of hydrogen-bond acceptors (Lipinski definition) is 2. The van der Waals surface area contributed by atoms with Crippen LogP contribution in [0.25, 0.3) is 0 Å². The van der Waals surface area contributed by atoms with Gasteiger partial charge in [0.2, 0.25) is 0 Å². The van der Waals surface area contributed by atoms with Crippen LogP contribution in [0.3, 0.4) is 0 Å². The number of halogens is 2. The van der Waals surface area contributed by atoms with E-state index in [4.69, 9.17) is 33.0 Å². The monoisotopic (exact) mass is 234 g/mol. The highest BCUT2D eigenvalue weighted by Gasteiger charge is 2.10. The summed E-state index contributed by atoms with van der Waals surface area (Å²) in [5.74, 6) is -0.524. The summed E-state index contributed by atoms with van der Waals surface area (Å²) in [4.78, 5) is 10.5. The normalized spacial score (nSPS) is 9.93. The molecule has 0 atom stereocenters. The van der Waals surface area contributed by atoms with Crippen LogP contribution >= 0.6 is 23.2 Å². The van der Waals surface area contributed by atoms with Crippen molar-refractivity contribution < 1.29 is 14.6 Å². The Morgan fingerprint density at radius 1 is 1.43 bits per heavy atom. The highest BCUT2D eigenvalue weighted by molar-refractivity contribution is 6.36. The number of hydrogen-bond donors (Lipinski definition) is 1. The molecule has 0 spiro atoms. The molecule has 0 amide bonds. The molecule has 0 saturated heterocycles. The molecular formula is C9H8Cl2O3. The zero-order valence-corrected chi connectivity index (χ0v) is 8.89. The Labute approximate surface area is 91.2 Å². The molecule has 1 aromatic carbocycles. The number of rotatable bonds is 3. The minimum absolute atomic E-state index is 0.146. The molecule has 0 heterocycles. The van der Waals surface area contributed by atoms with Crippen molar-refractivity contribution in [3.05, 3.63) is 27.7 Å². The lowest BCUT2D eigenvalue weighted by Gasteiger charge is -2.07. The molecule has 0 unspecified atom stereocenters. The minimum atomic E-state index is -0.948. The molecule has 0 aromatic heterocycles. The Morgan fingerprint density at radius 3 is 2.57 bits per heavy atom. The Hall–Kier alpha value is -0.930. The lowest BCUT2D eigenvalue weighted by molar-refractivity contribution is -0.136. The summed E-state index contributed by atoms with van der Waals surface area (Å²) in [6, 6.07) is 3.00. The molecule has 1 N–H and O–H groups in total. The molecule has 0 bridgehead atoms. The third kappa shape index (κ3) is 2.53. The van der Waals surface area contributed by atoms with Crippen molar-refractivity contribution in [1.29, 1.82) is 0 Å². The second kappa shape index (κ2) is 4.53. The predicted molar refractivity (Wildman–Crippen MR) is 54.4 cm³/mol. The van der Waals surface area contributed by atoms with E-state index < -0.39 is 5.97 Å². The van der Waals surface area contributed by atoms with Crippen LogP contribution in [0.5, 0.6) is 5.75 Å². The molecule has 0 saturated carbocycles. The first kappa shape index (κ1) is 11.1. The minimum Gasteiger partial charge on any atom is -0.495 e. The molecule has 0 aliphatic rings. The van der Waals surface area contributed by atoms with Crippen LogP contribution < -0.4 is 4.74 Å². The maximum atomic E-state index is 10.5. The van der Waals surface area contributed by atoms with Gasteiger partial charge in [-0.05, 0) is 17.7 Å². The van der Waals surface area contributed by atoms with Crippen LogP contribution in [0, 0.1) is 0 Å². The molecule has 14 heavy (non-hydrogen) atoms. The second-order valence-corrected chi connectivity index (χ2v) is 3.46.